The third-order valence-electron chi connectivity index (χ3n) is 6.11. The standard InChI is InChI=1S/C25H21N3O5S/c1-15-2-5-18(6-3-15)34(30,31)28-13-17-8-9-26-19-11-20(25(29)24(28)23(17)19)27-12-16-4-7-21-22(10-16)33-14-32-21/h2-7,10-13,26,29H,8-9,14H2,1H3. The summed E-state index contributed by atoms with van der Waals surface area (Å²) < 4.78 is 39.0. The molecule has 0 spiro atoms. The number of aromatic nitrogens is 1. The van der Waals surface area contributed by atoms with E-state index in [-0.39, 0.29) is 28.6 Å². The number of ether oxygens (including phenoxy) is 2. The van der Waals surface area contributed by atoms with Gasteiger partial charge in [-0.05, 0) is 60.9 Å². The van der Waals surface area contributed by atoms with Gasteiger partial charge in [0, 0.05) is 30.0 Å². The Kier molecular flexibility index (Phi) is 4.56. The number of hydrogen-bond donors (Lipinski definition) is 2. The smallest absolute Gasteiger partial charge is 0.268 e. The van der Waals surface area contributed by atoms with Crippen LogP contribution in [-0.2, 0) is 16.4 Å². The minimum absolute atomic E-state index is 0.156. The second-order valence-electron chi connectivity index (χ2n) is 8.33. The molecular formula is C25H21N3O5S. The maximum Gasteiger partial charge on any atom is 0.268 e. The molecule has 2 aliphatic rings. The average molecular weight is 476 g/mol. The van der Waals surface area contributed by atoms with Gasteiger partial charge in [0.15, 0.2) is 17.2 Å². The molecule has 4 aromatic rings. The number of fused-ring (bicyclic) bond motifs is 1. The van der Waals surface area contributed by atoms with E-state index in [2.05, 4.69) is 10.3 Å². The van der Waals surface area contributed by atoms with E-state index in [9.17, 15) is 13.5 Å². The Morgan fingerprint density at radius 3 is 2.71 bits per heavy atom. The van der Waals surface area contributed by atoms with Crippen LogP contribution in [0.4, 0.5) is 11.4 Å². The number of phenolic OH excluding ortho intramolecular Hbond substituents is 1. The second-order valence-corrected chi connectivity index (χ2v) is 10.1. The molecule has 0 saturated carbocycles. The number of anilines is 1. The van der Waals surface area contributed by atoms with E-state index < -0.39 is 10.0 Å². The second kappa shape index (κ2) is 7.53. The number of aromatic hydroxyl groups is 1. The molecule has 2 aliphatic heterocycles. The lowest BCUT2D eigenvalue weighted by atomic mass is 10.0. The minimum atomic E-state index is -3.93. The fourth-order valence-corrected chi connectivity index (χ4v) is 5.76. The predicted molar refractivity (Wildman–Crippen MR) is 129 cm³/mol. The van der Waals surface area contributed by atoms with E-state index in [4.69, 9.17) is 9.47 Å². The molecule has 0 bridgehead atoms. The van der Waals surface area contributed by atoms with Gasteiger partial charge in [-0.2, -0.15) is 0 Å². The highest BCUT2D eigenvalue weighted by Crippen LogP contribution is 2.45. The van der Waals surface area contributed by atoms with E-state index in [1.165, 1.54) is 3.97 Å². The van der Waals surface area contributed by atoms with E-state index in [1.54, 1.807) is 54.9 Å². The summed E-state index contributed by atoms with van der Waals surface area (Å²) >= 11 is 0. The predicted octanol–water partition coefficient (Wildman–Crippen LogP) is 4.34. The fourth-order valence-electron chi connectivity index (χ4n) is 4.36. The zero-order valence-corrected chi connectivity index (χ0v) is 19.1. The topological polar surface area (TPSA) is 102 Å². The molecular weight excluding hydrogens is 454 g/mol. The van der Waals surface area contributed by atoms with Crippen molar-refractivity contribution >= 4 is 38.5 Å². The van der Waals surface area contributed by atoms with Gasteiger partial charge >= 0.3 is 0 Å². The molecule has 9 heteroatoms. The number of hydrogen-bond acceptors (Lipinski definition) is 7. The number of nitrogens with zero attached hydrogens (tertiary/aromatic N) is 2. The van der Waals surface area contributed by atoms with Crippen molar-refractivity contribution in [2.24, 2.45) is 4.99 Å². The zero-order chi connectivity index (χ0) is 23.4. The average Bonchev–Trinajstić information content (AvgIpc) is 3.46. The van der Waals surface area contributed by atoms with Gasteiger partial charge in [-0.1, -0.05) is 17.7 Å². The van der Waals surface area contributed by atoms with Crippen LogP contribution in [0.5, 0.6) is 17.2 Å². The van der Waals surface area contributed by atoms with Gasteiger partial charge in [0.25, 0.3) is 10.0 Å². The molecule has 0 radical (unpaired) electrons. The molecule has 1 aromatic heterocycles. The van der Waals surface area contributed by atoms with Crippen LogP contribution < -0.4 is 14.8 Å². The highest BCUT2D eigenvalue weighted by atomic mass is 32.2. The first-order valence-electron chi connectivity index (χ1n) is 10.8. The van der Waals surface area contributed by atoms with Gasteiger partial charge in [-0.3, -0.25) is 4.99 Å². The number of aliphatic imine (C=N–C) groups is 1. The van der Waals surface area contributed by atoms with Crippen molar-refractivity contribution in [2.45, 2.75) is 18.2 Å². The summed E-state index contributed by atoms with van der Waals surface area (Å²) in [6.07, 6.45) is 3.86. The lowest BCUT2D eigenvalue weighted by Crippen LogP contribution is -2.12. The summed E-state index contributed by atoms with van der Waals surface area (Å²) in [6.45, 7) is 2.74. The van der Waals surface area contributed by atoms with Crippen molar-refractivity contribution in [1.29, 1.82) is 0 Å². The molecule has 3 heterocycles. The van der Waals surface area contributed by atoms with Crippen molar-refractivity contribution in [2.75, 3.05) is 18.7 Å². The molecule has 2 N–H and O–H groups in total. The quantitative estimate of drug-likeness (QED) is 0.336. The summed E-state index contributed by atoms with van der Waals surface area (Å²) in [5, 5.41) is 15.2. The Morgan fingerprint density at radius 2 is 1.88 bits per heavy atom. The Bertz CT molecular complexity index is 1590. The highest BCUT2D eigenvalue weighted by Gasteiger charge is 2.28. The molecule has 0 unspecified atom stereocenters. The summed E-state index contributed by atoms with van der Waals surface area (Å²) in [5.41, 5.74) is 3.81. The van der Waals surface area contributed by atoms with Gasteiger partial charge in [0.1, 0.15) is 11.2 Å². The van der Waals surface area contributed by atoms with E-state index in [0.717, 1.165) is 22.4 Å². The molecule has 8 nitrogen and oxygen atoms in total. The number of phenols is 1. The van der Waals surface area contributed by atoms with Crippen molar-refractivity contribution in [1.82, 2.24) is 3.97 Å². The molecule has 6 rings (SSSR count). The summed E-state index contributed by atoms with van der Waals surface area (Å²) in [4.78, 5) is 4.64. The van der Waals surface area contributed by atoms with Gasteiger partial charge in [-0.15, -0.1) is 0 Å². The van der Waals surface area contributed by atoms with Crippen molar-refractivity contribution in [3.05, 3.63) is 71.4 Å². The number of rotatable bonds is 4. The first-order chi connectivity index (χ1) is 16.4. The monoisotopic (exact) mass is 475 g/mol. The van der Waals surface area contributed by atoms with Gasteiger partial charge in [-0.25, -0.2) is 12.4 Å². The number of aryl methyl sites for hydroxylation is 1. The zero-order valence-electron chi connectivity index (χ0n) is 18.3. The molecule has 3 aromatic carbocycles. The Labute approximate surface area is 196 Å². The van der Waals surface area contributed by atoms with Crippen LogP contribution in [0.15, 0.2) is 64.6 Å². The van der Waals surface area contributed by atoms with Crippen LogP contribution in [0, 0.1) is 6.92 Å². The third kappa shape index (κ3) is 3.19. The molecule has 34 heavy (non-hydrogen) atoms. The van der Waals surface area contributed by atoms with E-state index in [0.29, 0.717) is 29.9 Å². The largest absolute Gasteiger partial charge is 0.504 e. The molecule has 0 fully saturated rings. The normalized spacial score (nSPS) is 14.6. The summed E-state index contributed by atoms with van der Waals surface area (Å²) in [5.74, 6) is 1.10. The van der Waals surface area contributed by atoms with Crippen molar-refractivity contribution < 1.29 is 23.0 Å². The Hall–Kier alpha value is -3.98. The molecule has 0 atom stereocenters. The van der Waals surface area contributed by atoms with Crippen LogP contribution in [0.25, 0.3) is 10.9 Å². The third-order valence-corrected chi connectivity index (χ3v) is 7.78. The Morgan fingerprint density at radius 1 is 1.09 bits per heavy atom. The van der Waals surface area contributed by atoms with Crippen molar-refractivity contribution in [3.8, 4) is 17.2 Å². The maximum absolute atomic E-state index is 13.5. The lowest BCUT2D eigenvalue weighted by molar-refractivity contribution is 0.174. The van der Waals surface area contributed by atoms with Crippen LogP contribution in [-0.4, -0.2) is 37.0 Å². The van der Waals surface area contributed by atoms with Gasteiger partial charge in [0.2, 0.25) is 6.79 Å². The van der Waals surface area contributed by atoms with Crippen LogP contribution in [0.3, 0.4) is 0 Å². The highest BCUT2D eigenvalue weighted by molar-refractivity contribution is 7.90. The number of nitrogens with one attached hydrogen (secondary N) is 1. The first-order valence-corrected chi connectivity index (χ1v) is 12.3. The van der Waals surface area contributed by atoms with E-state index >= 15 is 0 Å². The van der Waals surface area contributed by atoms with Gasteiger partial charge in [0.05, 0.1) is 4.90 Å². The SMILES string of the molecule is Cc1ccc(S(=O)(=O)n2cc3c4c(cc(N=Cc5ccc6c(c5)OCO6)c(O)c42)NCC3)cc1. The van der Waals surface area contributed by atoms with Crippen LogP contribution >= 0.6 is 0 Å². The summed E-state index contributed by atoms with van der Waals surface area (Å²) in [6, 6.07) is 13.8. The lowest BCUT2D eigenvalue weighted by Gasteiger charge is -2.16. The van der Waals surface area contributed by atoms with Crippen LogP contribution in [0.2, 0.25) is 0 Å². The molecule has 0 amide bonds. The maximum atomic E-state index is 13.5. The fraction of sp³-hybridized carbons (Fsp3) is 0.160. The summed E-state index contributed by atoms with van der Waals surface area (Å²) in [7, 11) is -3.93. The molecule has 0 aliphatic carbocycles. The Balaban J connectivity index is 1.50. The van der Waals surface area contributed by atoms with E-state index in [1.807, 2.05) is 13.0 Å². The number of benzene rings is 3. The van der Waals surface area contributed by atoms with Crippen molar-refractivity contribution in [3.63, 3.8) is 0 Å². The minimum Gasteiger partial charge on any atom is -0.504 e. The molecule has 0 saturated heterocycles. The van der Waals surface area contributed by atoms with Gasteiger partial charge < -0.3 is 19.9 Å². The molecule has 172 valence electrons. The first kappa shape index (κ1) is 20.6. The van der Waals surface area contributed by atoms with Crippen LogP contribution in [0.1, 0.15) is 16.7 Å².